The summed E-state index contributed by atoms with van der Waals surface area (Å²) in [4.78, 5) is 14.1. The topological polar surface area (TPSA) is 68.0 Å². The molecule has 0 spiro atoms. The van der Waals surface area contributed by atoms with Crippen molar-refractivity contribution in [2.45, 2.75) is 23.9 Å². The monoisotopic (exact) mass is 351 g/mol. The van der Waals surface area contributed by atoms with Crippen molar-refractivity contribution in [1.82, 2.24) is 15.5 Å². The Hall–Kier alpha value is -1.64. The molecule has 114 valence electrons. The molecular formula is C14H13N3O2S3. The summed E-state index contributed by atoms with van der Waals surface area (Å²) >= 11 is 4.42. The van der Waals surface area contributed by atoms with E-state index in [2.05, 4.69) is 15.5 Å². The predicted octanol–water partition coefficient (Wildman–Crippen LogP) is 3.66. The number of carbonyl (C=O) groups excluding carboxylic acids is 1. The summed E-state index contributed by atoms with van der Waals surface area (Å²) < 4.78 is 5.57. The third kappa shape index (κ3) is 3.76. The van der Waals surface area contributed by atoms with Crippen LogP contribution in [0.2, 0.25) is 0 Å². The molecule has 0 aliphatic heterocycles. The van der Waals surface area contributed by atoms with E-state index in [1.807, 2.05) is 41.9 Å². The van der Waals surface area contributed by atoms with Gasteiger partial charge in [-0.2, -0.15) is 0 Å². The number of hydrogen-bond acceptors (Lipinski definition) is 7. The fraction of sp³-hybridized carbons (Fsp3) is 0.214. The third-order valence-electron chi connectivity index (χ3n) is 2.80. The molecule has 0 fully saturated rings. The van der Waals surface area contributed by atoms with Crippen LogP contribution in [0.25, 0.3) is 10.8 Å². The first-order valence-corrected chi connectivity index (χ1v) is 9.20. The molecule has 3 rings (SSSR count). The molecule has 0 radical (unpaired) electrons. The maximum Gasteiger partial charge on any atom is 0.277 e. The van der Waals surface area contributed by atoms with Crippen LogP contribution in [-0.2, 0) is 11.3 Å². The fourth-order valence-electron chi connectivity index (χ4n) is 1.69. The van der Waals surface area contributed by atoms with Crippen LogP contribution < -0.4 is 5.32 Å². The molecule has 22 heavy (non-hydrogen) atoms. The second-order valence-corrected chi connectivity index (χ2v) is 7.68. The maximum atomic E-state index is 12.1. The Balaban J connectivity index is 1.54. The van der Waals surface area contributed by atoms with E-state index in [0.29, 0.717) is 17.7 Å². The van der Waals surface area contributed by atoms with Gasteiger partial charge < -0.3 is 9.73 Å². The van der Waals surface area contributed by atoms with Gasteiger partial charge in [0.1, 0.15) is 0 Å². The standard InChI is InChI=1S/C14H13N3O2S3/c1-9(12(18)15-8-10-4-2-6-20-10)22-14-17-16-13(19-14)11-5-3-7-21-11/h2-7,9H,8H2,1H3,(H,15,18). The lowest BCUT2D eigenvalue weighted by molar-refractivity contribution is -0.120. The van der Waals surface area contributed by atoms with Crippen LogP contribution in [0.3, 0.4) is 0 Å². The number of amides is 1. The lowest BCUT2D eigenvalue weighted by atomic mass is 10.4. The summed E-state index contributed by atoms with van der Waals surface area (Å²) in [6.45, 7) is 2.37. The number of thioether (sulfide) groups is 1. The van der Waals surface area contributed by atoms with Crippen LogP contribution in [0.1, 0.15) is 11.8 Å². The highest BCUT2D eigenvalue weighted by molar-refractivity contribution is 8.00. The largest absolute Gasteiger partial charge is 0.410 e. The van der Waals surface area contributed by atoms with E-state index in [1.54, 1.807) is 11.3 Å². The summed E-state index contributed by atoms with van der Waals surface area (Å²) in [5, 5.41) is 14.9. The fourth-order valence-corrected chi connectivity index (χ4v) is 3.69. The predicted molar refractivity (Wildman–Crippen MR) is 89.1 cm³/mol. The first kappa shape index (κ1) is 15.3. The minimum Gasteiger partial charge on any atom is -0.410 e. The Morgan fingerprint density at radius 2 is 2.14 bits per heavy atom. The van der Waals surface area contributed by atoms with E-state index < -0.39 is 0 Å². The molecule has 0 saturated heterocycles. The molecule has 0 aromatic carbocycles. The van der Waals surface area contributed by atoms with Crippen LogP contribution in [0.15, 0.2) is 44.7 Å². The third-order valence-corrected chi connectivity index (χ3v) is 5.47. The van der Waals surface area contributed by atoms with Gasteiger partial charge in [-0.15, -0.1) is 32.9 Å². The highest BCUT2D eigenvalue weighted by Crippen LogP contribution is 2.28. The van der Waals surface area contributed by atoms with E-state index in [4.69, 9.17) is 4.42 Å². The second kappa shape index (κ2) is 7.08. The molecule has 0 aliphatic rings. The van der Waals surface area contributed by atoms with Crippen molar-refractivity contribution in [3.63, 3.8) is 0 Å². The Labute approximate surface area is 139 Å². The summed E-state index contributed by atoms with van der Waals surface area (Å²) in [7, 11) is 0. The van der Waals surface area contributed by atoms with Crippen LogP contribution in [0.5, 0.6) is 0 Å². The number of rotatable bonds is 6. The molecule has 3 aromatic heterocycles. The quantitative estimate of drug-likeness (QED) is 0.687. The van der Waals surface area contributed by atoms with Gasteiger partial charge in [0, 0.05) is 4.88 Å². The Morgan fingerprint density at radius 1 is 1.32 bits per heavy atom. The van der Waals surface area contributed by atoms with Gasteiger partial charge >= 0.3 is 0 Å². The van der Waals surface area contributed by atoms with Crippen molar-refractivity contribution in [2.75, 3.05) is 0 Å². The number of aromatic nitrogens is 2. The van der Waals surface area contributed by atoms with Crippen molar-refractivity contribution in [2.24, 2.45) is 0 Å². The van der Waals surface area contributed by atoms with Crippen LogP contribution >= 0.6 is 34.4 Å². The van der Waals surface area contributed by atoms with Crippen molar-refractivity contribution in [3.8, 4) is 10.8 Å². The van der Waals surface area contributed by atoms with E-state index >= 15 is 0 Å². The van der Waals surface area contributed by atoms with E-state index in [9.17, 15) is 4.79 Å². The molecule has 1 N–H and O–H groups in total. The highest BCUT2D eigenvalue weighted by Gasteiger charge is 2.18. The van der Waals surface area contributed by atoms with E-state index in [0.717, 1.165) is 9.75 Å². The second-order valence-electron chi connectivity index (χ2n) is 4.41. The molecule has 3 aromatic rings. The molecule has 1 unspecified atom stereocenters. The Morgan fingerprint density at radius 3 is 2.86 bits per heavy atom. The van der Waals surface area contributed by atoms with Crippen LogP contribution in [0.4, 0.5) is 0 Å². The van der Waals surface area contributed by atoms with Gasteiger partial charge in [-0.1, -0.05) is 23.9 Å². The highest BCUT2D eigenvalue weighted by atomic mass is 32.2. The zero-order chi connectivity index (χ0) is 15.4. The van der Waals surface area contributed by atoms with Crippen molar-refractivity contribution in [3.05, 3.63) is 39.9 Å². The molecule has 3 heterocycles. The number of nitrogens with zero attached hydrogens (tertiary/aromatic N) is 2. The van der Waals surface area contributed by atoms with Crippen molar-refractivity contribution >= 4 is 40.3 Å². The number of thiophene rings is 2. The molecule has 8 heteroatoms. The molecule has 0 aliphatic carbocycles. The zero-order valence-corrected chi connectivity index (χ0v) is 14.1. The molecule has 1 atom stereocenters. The SMILES string of the molecule is CC(Sc1nnc(-c2cccs2)o1)C(=O)NCc1cccs1. The van der Waals surface area contributed by atoms with Crippen LogP contribution in [-0.4, -0.2) is 21.4 Å². The molecular weight excluding hydrogens is 338 g/mol. The average Bonchev–Trinajstić information content (AvgIpc) is 3.25. The van der Waals surface area contributed by atoms with Gasteiger partial charge in [-0.3, -0.25) is 4.79 Å². The number of nitrogens with one attached hydrogen (secondary N) is 1. The average molecular weight is 351 g/mol. The normalized spacial score (nSPS) is 12.2. The first-order valence-electron chi connectivity index (χ1n) is 6.56. The molecule has 0 bridgehead atoms. The summed E-state index contributed by atoms with van der Waals surface area (Å²) in [6.07, 6.45) is 0. The van der Waals surface area contributed by atoms with E-state index in [-0.39, 0.29) is 11.2 Å². The van der Waals surface area contributed by atoms with Gasteiger partial charge in [0.15, 0.2) is 0 Å². The van der Waals surface area contributed by atoms with Crippen LogP contribution in [0, 0.1) is 0 Å². The summed E-state index contributed by atoms with van der Waals surface area (Å²) in [6, 6.07) is 7.81. The minimum atomic E-state index is -0.295. The molecule has 0 saturated carbocycles. The van der Waals surface area contributed by atoms with E-state index in [1.165, 1.54) is 23.1 Å². The Bertz CT molecular complexity index is 722. The lowest BCUT2D eigenvalue weighted by Gasteiger charge is -2.08. The maximum absolute atomic E-state index is 12.1. The zero-order valence-electron chi connectivity index (χ0n) is 11.7. The molecule has 5 nitrogen and oxygen atoms in total. The smallest absolute Gasteiger partial charge is 0.277 e. The number of hydrogen-bond donors (Lipinski definition) is 1. The van der Waals surface area contributed by atoms with Gasteiger partial charge in [0.05, 0.1) is 16.7 Å². The molecule has 1 amide bonds. The summed E-state index contributed by atoms with van der Waals surface area (Å²) in [5.41, 5.74) is 0. The van der Waals surface area contributed by atoms with Gasteiger partial charge in [-0.25, -0.2) is 0 Å². The van der Waals surface area contributed by atoms with Gasteiger partial charge in [0.2, 0.25) is 5.91 Å². The van der Waals surface area contributed by atoms with Gasteiger partial charge in [0.25, 0.3) is 11.1 Å². The first-order chi connectivity index (χ1) is 10.7. The summed E-state index contributed by atoms with van der Waals surface area (Å²) in [5.74, 6) is 0.443. The van der Waals surface area contributed by atoms with Crippen molar-refractivity contribution in [1.29, 1.82) is 0 Å². The minimum absolute atomic E-state index is 0.0470. The van der Waals surface area contributed by atoms with Crippen molar-refractivity contribution < 1.29 is 9.21 Å². The van der Waals surface area contributed by atoms with Gasteiger partial charge in [-0.05, 0) is 29.8 Å². The lowest BCUT2D eigenvalue weighted by Crippen LogP contribution is -2.30. The number of carbonyl (C=O) groups is 1. The Kier molecular flexibility index (Phi) is 4.91.